The van der Waals surface area contributed by atoms with Crippen molar-refractivity contribution in [1.29, 1.82) is 0 Å². The molecule has 0 bridgehead atoms. The molecule has 0 aliphatic rings. The van der Waals surface area contributed by atoms with Crippen molar-refractivity contribution in [3.63, 3.8) is 0 Å². The summed E-state index contributed by atoms with van der Waals surface area (Å²) in [5.41, 5.74) is 2.73. The maximum Gasteiger partial charge on any atom is 0.119 e. The standard InChI is InChI=1S/C12H11NO/c1-9-10(5-4-7-12(9)14)11-6-2-3-8-13-11/h2-8,14H,1H3. The molecule has 0 fully saturated rings. The van der Waals surface area contributed by atoms with Crippen LogP contribution in [0.15, 0.2) is 42.6 Å². The number of rotatable bonds is 1. The van der Waals surface area contributed by atoms with Crippen molar-refractivity contribution in [2.75, 3.05) is 0 Å². The predicted molar refractivity (Wildman–Crippen MR) is 56.1 cm³/mol. The summed E-state index contributed by atoms with van der Waals surface area (Å²) < 4.78 is 0. The zero-order chi connectivity index (χ0) is 9.97. The Morgan fingerprint density at radius 3 is 2.64 bits per heavy atom. The number of hydrogen-bond donors (Lipinski definition) is 1. The van der Waals surface area contributed by atoms with Crippen molar-refractivity contribution < 1.29 is 5.11 Å². The average Bonchev–Trinajstić information content (AvgIpc) is 2.23. The lowest BCUT2D eigenvalue weighted by Crippen LogP contribution is -1.86. The highest BCUT2D eigenvalue weighted by Crippen LogP contribution is 2.27. The molecular weight excluding hydrogens is 174 g/mol. The highest BCUT2D eigenvalue weighted by Gasteiger charge is 2.04. The van der Waals surface area contributed by atoms with Gasteiger partial charge in [0.15, 0.2) is 0 Å². The Morgan fingerprint density at radius 1 is 1.07 bits per heavy atom. The van der Waals surface area contributed by atoms with Crippen molar-refractivity contribution in [3.8, 4) is 17.0 Å². The lowest BCUT2D eigenvalue weighted by atomic mass is 10.0. The third-order valence-electron chi connectivity index (χ3n) is 2.25. The summed E-state index contributed by atoms with van der Waals surface area (Å²) in [4.78, 5) is 4.24. The van der Waals surface area contributed by atoms with E-state index in [4.69, 9.17) is 0 Å². The van der Waals surface area contributed by atoms with Gasteiger partial charge in [0, 0.05) is 17.3 Å². The molecule has 0 aliphatic heterocycles. The summed E-state index contributed by atoms with van der Waals surface area (Å²) in [5, 5.41) is 9.53. The van der Waals surface area contributed by atoms with Crippen molar-refractivity contribution >= 4 is 0 Å². The van der Waals surface area contributed by atoms with Crippen molar-refractivity contribution in [2.24, 2.45) is 0 Å². The molecule has 2 rings (SSSR count). The minimum atomic E-state index is 0.313. The fourth-order valence-corrected chi connectivity index (χ4v) is 1.42. The zero-order valence-corrected chi connectivity index (χ0v) is 7.94. The number of aromatic hydroxyl groups is 1. The first-order valence-corrected chi connectivity index (χ1v) is 4.49. The summed E-state index contributed by atoms with van der Waals surface area (Å²) in [5.74, 6) is 0.313. The van der Waals surface area contributed by atoms with Gasteiger partial charge in [-0.2, -0.15) is 0 Å². The lowest BCUT2D eigenvalue weighted by molar-refractivity contribution is 0.471. The van der Waals surface area contributed by atoms with E-state index in [1.54, 1.807) is 12.3 Å². The Labute approximate surface area is 82.9 Å². The molecule has 1 aromatic heterocycles. The van der Waals surface area contributed by atoms with Gasteiger partial charge < -0.3 is 5.11 Å². The van der Waals surface area contributed by atoms with Gasteiger partial charge in [0.25, 0.3) is 0 Å². The van der Waals surface area contributed by atoms with Gasteiger partial charge in [-0.05, 0) is 25.1 Å². The monoisotopic (exact) mass is 185 g/mol. The first-order chi connectivity index (χ1) is 6.79. The first-order valence-electron chi connectivity index (χ1n) is 4.49. The van der Waals surface area contributed by atoms with E-state index in [1.807, 2.05) is 37.3 Å². The van der Waals surface area contributed by atoms with Gasteiger partial charge in [-0.25, -0.2) is 0 Å². The van der Waals surface area contributed by atoms with Crippen LogP contribution in [-0.4, -0.2) is 10.1 Å². The van der Waals surface area contributed by atoms with E-state index in [1.165, 1.54) is 0 Å². The number of phenols is 1. The second-order valence-corrected chi connectivity index (χ2v) is 3.16. The molecule has 0 unspecified atom stereocenters. The molecular formula is C12H11NO. The van der Waals surface area contributed by atoms with Crippen LogP contribution in [0.3, 0.4) is 0 Å². The second kappa shape index (κ2) is 3.50. The molecule has 0 atom stereocenters. The molecule has 0 amide bonds. The van der Waals surface area contributed by atoms with Crippen LogP contribution < -0.4 is 0 Å². The van der Waals surface area contributed by atoms with E-state index in [9.17, 15) is 5.11 Å². The first kappa shape index (κ1) is 8.75. The fraction of sp³-hybridized carbons (Fsp3) is 0.0833. The minimum Gasteiger partial charge on any atom is -0.508 e. The van der Waals surface area contributed by atoms with Gasteiger partial charge >= 0.3 is 0 Å². The van der Waals surface area contributed by atoms with E-state index in [0.717, 1.165) is 16.8 Å². The minimum absolute atomic E-state index is 0.313. The van der Waals surface area contributed by atoms with E-state index in [2.05, 4.69) is 4.98 Å². The third-order valence-corrected chi connectivity index (χ3v) is 2.25. The van der Waals surface area contributed by atoms with Crippen LogP contribution >= 0.6 is 0 Å². The number of pyridine rings is 1. The highest BCUT2D eigenvalue weighted by molar-refractivity contribution is 5.66. The van der Waals surface area contributed by atoms with E-state index < -0.39 is 0 Å². The molecule has 0 saturated carbocycles. The molecule has 2 aromatic rings. The summed E-state index contributed by atoms with van der Waals surface area (Å²) in [6, 6.07) is 11.2. The SMILES string of the molecule is Cc1c(O)cccc1-c1ccccn1. The fourth-order valence-electron chi connectivity index (χ4n) is 1.42. The predicted octanol–water partition coefficient (Wildman–Crippen LogP) is 2.76. The Balaban J connectivity index is 2.58. The summed E-state index contributed by atoms with van der Waals surface area (Å²) in [7, 11) is 0. The molecule has 0 radical (unpaired) electrons. The number of nitrogens with zero attached hydrogens (tertiary/aromatic N) is 1. The molecule has 1 aromatic carbocycles. The maximum atomic E-state index is 9.53. The molecule has 0 aliphatic carbocycles. The molecule has 1 heterocycles. The number of hydrogen-bond acceptors (Lipinski definition) is 2. The molecule has 2 nitrogen and oxygen atoms in total. The van der Waals surface area contributed by atoms with E-state index in [-0.39, 0.29) is 0 Å². The van der Waals surface area contributed by atoms with Gasteiger partial charge in [0.1, 0.15) is 5.75 Å². The Morgan fingerprint density at radius 2 is 1.93 bits per heavy atom. The number of benzene rings is 1. The molecule has 70 valence electrons. The maximum absolute atomic E-state index is 9.53. The van der Waals surface area contributed by atoms with Crippen LogP contribution in [0.4, 0.5) is 0 Å². The van der Waals surface area contributed by atoms with Crippen molar-refractivity contribution in [1.82, 2.24) is 4.98 Å². The quantitative estimate of drug-likeness (QED) is 0.741. The van der Waals surface area contributed by atoms with Gasteiger partial charge in [-0.1, -0.05) is 18.2 Å². The van der Waals surface area contributed by atoms with Crippen LogP contribution in [0.5, 0.6) is 5.75 Å². The van der Waals surface area contributed by atoms with Crippen LogP contribution in [0.2, 0.25) is 0 Å². The molecule has 2 heteroatoms. The Hall–Kier alpha value is -1.83. The van der Waals surface area contributed by atoms with Crippen LogP contribution in [0, 0.1) is 6.92 Å². The van der Waals surface area contributed by atoms with E-state index in [0.29, 0.717) is 5.75 Å². The zero-order valence-electron chi connectivity index (χ0n) is 7.94. The smallest absolute Gasteiger partial charge is 0.119 e. The largest absolute Gasteiger partial charge is 0.508 e. The lowest BCUT2D eigenvalue weighted by Gasteiger charge is -2.05. The summed E-state index contributed by atoms with van der Waals surface area (Å²) in [6.07, 6.45) is 1.75. The molecule has 0 saturated heterocycles. The third kappa shape index (κ3) is 1.46. The van der Waals surface area contributed by atoms with Crippen LogP contribution in [-0.2, 0) is 0 Å². The van der Waals surface area contributed by atoms with Gasteiger partial charge in [0.2, 0.25) is 0 Å². The Kier molecular flexibility index (Phi) is 2.19. The number of phenolic OH excluding ortho intramolecular Hbond substituents is 1. The van der Waals surface area contributed by atoms with Gasteiger partial charge in [0.05, 0.1) is 5.69 Å². The second-order valence-electron chi connectivity index (χ2n) is 3.16. The topological polar surface area (TPSA) is 33.1 Å². The van der Waals surface area contributed by atoms with Crippen LogP contribution in [0.25, 0.3) is 11.3 Å². The van der Waals surface area contributed by atoms with Gasteiger partial charge in [-0.15, -0.1) is 0 Å². The summed E-state index contributed by atoms with van der Waals surface area (Å²) in [6.45, 7) is 1.89. The Bertz CT molecular complexity index is 437. The normalized spacial score (nSPS) is 10.1. The molecule has 1 N–H and O–H groups in total. The van der Waals surface area contributed by atoms with Crippen molar-refractivity contribution in [2.45, 2.75) is 6.92 Å². The van der Waals surface area contributed by atoms with Crippen LogP contribution in [0.1, 0.15) is 5.56 Å². The summed E-state index contributed by atoms with van der Waals surface area (Å²) >= 11 is 0. The average molecular weight is 185 g/mol. The molecule has 0 spiro atoms. The number of aromatic nitrogens is 1. The van der Waals surface area contributed by atoms with Crippen molar-refractivity contribution in [3.05, 3.63) is 48.2 Å². The van der Waals surface area contributed by atoms with Gasteiger partial charge in [-0.3, -0.25) is 4.98 Å². The van der Waals surface area contributed by atoms with E-state index >= 15 is 0 Å². The molecule has 14 heavy (non-hydrogen) atoms. The highest BCUT2D eigenvalue weighted by atomic mass is 16.3.